The molecule has 146 valence electrons. The van der Waals surface area contributed by atoms with Crippen LogP contribution in [0.25, 0.3) is 5.65 Å². The number of pyridine rings is 1. The predicted molar refractivity (Wildman–Crippen MR) is 104 cm³/mol. The van der Waals surface area contributed by atoms with Crippen molar-refractivity contribution in [3.8, 4) is 0 Å². The third-order valence-corrected chi connectivity index (χ3v) is 4.35. The van der Waals surface area contributed by atoms with Crippen LogP contribution < -0.4 is 5.32 Å². The Morgan fingerprint density at radius 3 is 2.59 bits per heavy atom. The number of imidazole rings is 1. The van der Waals surface area contributed by atoms with Gasteiger partial charge in [0.2, 0.25) is 6.10 Å². The molecular weight excluding hydrogens is 372 g/mol. The first-order chi connectivity index (χ1) is 14.0. The van der Waals surface area contributed by atoms with Gasteiger partial charge in [0.05, 0.1) is 0 Å². The van der Waals surface area contributed by atoms with Crippen LogP contribution in [0.3, 0.4) is 0 Å². The summed E-state index contributed by atoms with van der Waals surface area (Å²) in [7, 11) is 0. The minimum absolute atomic E-state index is 0.116. The van der Waals surface area contributed by atoms with Crippen LogP contribution in [-0.4, -0.2) is 26.4 Å². The normalized spacial score (nSPS) is 11.9. The predicted octanol–water partition coefficient (Wildman–Crippen LogP) is 3.48. The zero-order valence-electron chi connectivity index (χ0n) is 15.8. The van der Waals surface area contributed by atoms with Crippen LogP contribution in [0.4, 0.5) is 5.82 Å². The second-order valence-electron chi connectivity index (χ2n) is 6.53. The van der Waals surface area contributed by atoms with Crippen LogP contribution in [0.15, 0.2) is 65.3 Å². The number of carbonyl (C=O) groups is 2. The lowest BCUT2D eigenvalue weighted by atomic mass is 10.1. The Labute approximate surface area is 166 Å². The van der Waals surface area contributed by atoms with E-state index >= 15 is 0 Å². The summed E-state index contributed by atoms with van der Waals surface area (Å²) in [5.41, 5.74) is 2.19. The molecule has 0 aliphatic heterocycles. The van der Waals surface area contributed by atoms with E-state index in [0.29, 0.717) is 17.0 Å². The molecule has 0 spiro atoms. The van der Waals surface area contributed by atoms with Crippen molar-refractivity contribution in [2.75, 3.05) is 5.32 Å². The minimum Gasteiger partial charge on any atom is -0.442 e. The molecule has 1 unspecified atom stereocenters. The lowest BCUT2D eigenvalue weighted by molar-refractivity contribution is -0.125. The lowest BCUT2D eigenvalue weighted by Crippen LogP contribution is -2.26. The largest absolute Gasteiger partial charge is 0.442 e. The van der Waals surface area contributed by atoms with Crippen LogP contribution in [0.2, 0.25) is 0 Å². The Morgan fingerprint density at radius 1 is 1.10 bits per heavy atom. The number of rotatable bonds is 5. The van der Waals surface area contributed by atoms with Gasteiger partial charge in [-0.25, -0.2) is 9.78 Å². The van der Waals surface area contributed by atoms with Crippen molar-refractivity contribution in [1.29, 1.82) is 0 Å². The van der Waals surface area contributed by atoms with Crippen LogP contribution in [0.5, 0.6) is 0 Å². The molecule has 3 heterocycles. The van der Waals surface area contributed by atoms with Gasteiger partial charge in [0.1, 0.15) is 11.4 Å². The quantitative estimate of drug-likeness (QED) is 0.524. The molecule has 0 saturated heterocycles. The van der Waals surface area contributed by atoms with Crippen LogP contribution in [-0.2, 0) is 9.53 Å². The van der Waals surface area contributed by atoms with Crippen molar-refractivity contribution in [2.24, 2.45) is 0 Å². The number of hydrogen-bond donors (Lipinski definition) is 1. The highest BCUT2D eigenvalue weighted by molar-refractivity contribution is 5.97. The van der Waals surface area contributed by atoms with Crippen LogP contribution in [0, 0.1) is 13.8 Å². The number of esters is 1. The van der Waals surface area contributed by atoms with Crippen LogP contribution >= 0.6 is 0 Å². The summed E-state index contributed by atoms with van der Waals surface area (Å²) in [6, 6.07) is 15.9. The molecule has 1 amide bonds. The van der Waals surface area contributed by atoms with Gasteiger partial charge in [-0.3, -0.25) is 4.79 Å². The first-order valence-corrected chi connectivity index (χ1v) is 8.96. The zero-order valence-corrected chi connectivity index (χ0v) is 15.8. The maximum absolute atomic E-state index is 12.8. The second kappa shape index (κ2) is 7.59. The molecule has 1 atom stereocenters. The van der Waals surface area contributed by atoms with Crippen molar-refractivity contribution >= 4 is 23.3 Å². The minimum atomic E-state index is -1.17. The monoisotopic (exact) mass is 390 g/mol. The van der Waals surface area contributed by atoms with Gasteiger partial charge in [-0.2, -0.15) is 0 Å². The molecule has 4 aromatic rings. The molecule has 0 fully saturated rings. The maximum atomic E-state index is 12.8. The number of aromatic nitrogens is 3. The summed E-state index contributed by atoms with van der Waals surface area (Å²) in [5.74, 6) is -0.451. The molecule has 8 heteroatoms. The average Bonchev–Trinajstić information content (AvgIpc) is 3.33. The number of nitrogens with zero attached hydrogens (tertiary/aromatic N) is 3. The molecule has 29 heavy (non-hydrogen) atoms. The highest BCUT2D eigenvalue weighted by Gasteiger charge is 2.27. The van der Waals surface area contributed by atoms with Crippen molar-refractivity contribution < 1.29 is 18.8 Å². The summed E-state index contributed by atoms with van der Waals surface area (Å²) in [5, 5.41) is 6.35. The zero-order chi connectivity index (χ0) is 20.4. The number of hydrogen-bond acceptors (Lipinski definition) is 6. The van der Waals surface area contributed by atoms with E-state index in [1.807, 2.05) is 25.1 Å². The summed E-state index contributed by atoms with van der Waals surface area (Å²) in [6.45, 7) is 3.62. The van der Waals surface area contributed by atoms with E-state index < -0.39 is 18.0 Å². The number of aryl methyl sites for hydroxylation is 2. The SMILES string of the molecule is Cc1cc(NC(=O)C(OC(=O)c2cn3c(C)cccc3n2)c2ccccc2)no1. The van der Waals surface area contributed by atoms with Crippen molar-refractivity contribution in [2.45, 2.75) is 20.0 Å². The highest BCUT2D eigenvalue weighted by atomic mass is 16.5. The van der Waals surface area contributed by atoms with E-state index in [0.717, 1.165) is 5.69 Å². The van der Waals surface area contributed by atoms with E-state index in [1.165, 1.54) is 0 Å². The van der Waals surface area contributed by atoms with Gasteiger partial charge >= 0.3 is 5.97 Å². The Bertz CT molecular complexity index is 1180. The van der Waals surface area contributed by atoms with E-state index in [2.05, 4.69) is 15.5 Å². The second-order valence-corrected chi connectivity index (χ2v) is 6.53. The Hall–Kier alpha value is -3.94. The summed E-state index contributed by atoms with van der Waals surface area (Å²) < 4.78 is 12.3. The third kappa shape index (κ3) is 3.86. The fourth-order valence-corrected chi connectivity index (χ4v) is 2.93. The summed E-state index contributed by atoms with van der Waals surface area (Å²) in [4.78, 5) is 29.9. The molecule has 0 aliphatic carbocycles. The van der Waals surface area contributed by atoms with Gasteiger partial charge in [-0.05, 0) is 26.0 Å². The molecular formula is C21H18N4O4. The Morgan fingerprint density at radius 2 is 1.90 bits per heavy atom. The number of ether oxygens (including phenoxy) is 1. The van der Waals surface area contributed by atoms with E-state index in [4.69, 9.17) is 9.26 Å². The molecule has 8 nitrogen and oxygen atoms in total. The summed E-state index contributed by atoms with van der Waals surface area (Å²) >= 11 is 0. The fourth-order valence-electron chi connectivity index (χ4n) is 2.93. The van der Waals surface area contributed by atoms with Crippen molar-refractivity contribution in [3.63, 3.8) is 0 Å². The number of carbonyl (C=O) groups excluding carboxylic acids is 2. The molecule has 0 bridgehead atoms. The average molecular weight is 390 g/mol. The first kappa shape index (κ1) is 18.4. The van der Waals surface area contributed by atoms with Gasteiger partial charge in [-0.1, -0.05) is 41.6 Å². The molecule has 3 aromatic heterocycles. The molecule has 0 saturated carbocycles. The number of nitrogens with one attached hydrogen (secondary N) is 1. The topological polar surface area (TPSA) is 98.7 Å². The van der Waals surface area contributed by atoms with Crippen molar-refractivity contribution in [1.82, 2.24) is 14.5 Å². The Kier molecular flexibility index (Phi) is 4.82. The lowest BCUT2D eigenvalue weighted by Gasteiger charge is -2.16. The van der Waals surface area contributed by atoms with Gasteiger partial charge < -0.3 is 19.0 Å². The van der Waals surface area contributed by atoms with Crippen molar-refractivity contribution in [3.05, 3.63) is 83.5 Å². The molecule has 0 aliphatic rings. The molecule has 1 aromatic carbocycles. The fraction of sp³-hybridized carbons (Fsp3) is 0.143. The first-order valence-electron chi connectivity index (χ1n) is 8.96. The smallest absolute Gasteiger partial charge is 0.359 e. The van der Waals surface area contributed by atoms with E-state index in [9.17, 15) is 9.59 Å². The summed E-state index contributed by atoms with van der Waals surface area (Å²) in [6.07, 6.45) is 0.417. The highest BCUT2D eigenvalue weighted by Crippen LogP contribution is 2.22. The number of fused-ring (bicyclic) bond motifs is 1. The van der Waals surface area contributed by atoms with Crippen LogP contribution in [0.1, 0.15) is 33.6 Å². The van der Waals surface area contributed by atoms with E-state index in [-0.39, 0.29) is 11.5 Å². The number of anilines is 1. The van der Waals surface area contributed by atoms with Gasteiger partial charge in [-0.15, -0.1) is 0 Å². The standard InChI is InChI=1S/C21H18N4O4/c1-13-7-6-10-18-22-16(12-25(13)18)21(27)28-19(15-8-4-3-5-9-15)20(26)23-17-11-14(2)29-24-17/h3-12,19H,1-2H3,(H,23,24,26). The molecule has 0 radical (unpaired) electrons. The molecule has 4 rings (SSSR count). The third-order valence-electron chi connectivity index (χ3n) is 4.35. The number of amides is 1. The van der Waals surface area contributed by atoms with Gasteiger partial charge in [0.25, 0.3) is 5.91 Å². The number of benzene rings is 1. The van der Waals surface area contributed by atoms with E-state index in [1.54, 1.807) is 53.9 Å². The molecule has 1 N–H and O–H groups in total. The van der Waals surface area contributed by atoms with Gasteiger partial charge in [0, 0.05) is 23.5 Å². The maximum Gasteiger partial charge on any atom is 0.359 e. The van der Waals surface area contributed by atoms with Gasteiger partial charge in [0.15, 0.2) is 11.5 Å². The Balaban J connectivity index is 1.61.